The van der Waals surface area contributed by atoms with Gasteiger partial charge in [0.15, 0.2) is 11.5 Å². The zero-order chi connectivity index (χ0) is 19.5. The van der Waals surface area contributed by atoms with E-state index in [2.05, 4.69) is 13.0 Å². The topological polar surface area (TPSA) is 53.2 Å². The summed E-state index contributed by atoms with van der Waals surface area (Å²) in [7, 11) is 3.26. The third-order valence-corrected chi connectivity index (χ3v) is 5.06. The van der Waals surface area contributed by atoms with Crippen molar-refractivity contribution in [1.82, 2.24) is 0 Å². The fraction of sp³-hybridized carbons (Fsp3) is 0.348. The summed E-state index contributed by atoms with van der Waals surface area (Å²) in [6.07, 6.45) is 2.39. The van der Waals surface area contributed by atoms with Crippen LogP contribution >= 0.6 is 0 Å². The highest BCUT2D eigenvalue weighted by Gasteiger charge is 2.15. The molecule has 0 aliphatic carbocycles. The smallest absolute Gasteiger partial charge is 0.161 e. The van der Waals surface area contributed by atoms with E-state index in [9.17, 15) is 0 Å². The second-order valence-electron chi connectivity index (χ2n) is 7.04. The van der Waals surface area contributed by atoms with Crippen LogP contribution in [-0.2, 0) is 4.74 Å². The fourth-order valence-corrected chi connectivity index (χ4v) is 3.53. The Hall–Kier alpha value is -2.79. The molecule has 0 saturated carbocycles. The maximum Gasteiger partial charge on any atom is 0.161 e. The predicted octanol–water partition coefficient (Wildman–Crippen LogP) is 4.51. The molecule has 0 N–H and O–H groups in total. The molecule has 0 bridgehead atoms. The Labute approximate surface area is 164 Å². The molecule has 5 nitrogen and oxygen atoms in total. The van der Waals surface area contributed by atoms with Crippen molar-refractivity contribution in [3.05, 3.63) is 53.4 Å². The number of hydrogen-bond donors (Lipinski definition) is 0. The molecule has 1 aliphatic rings. The predicted molar refractivity (Wildman–Crippen MR) is 109 cm³/mol. The van der Waals surface area contributed by atoms with Gasteiger partial charge in [0.25, 0.3) is 0 Å². The largest absolute Gasteiger partial charge is 0.493 e. The maximum atomic E-state index is 6.20. The Bertz CT molecular complexity index is 1050. The quantitative estimate of drug-likeness (QED) is 0.655. The standard InChI is InChI=1S/C23H25NO4/c1-15-6-8-20-18(11-15)19(24-14-17-5-4-10-27-17)13-22(28-20)16-7-9-21(25-2)23(12-16)26-3/h6-9,11-13,17H,4-5,10,14H2,1-3H3. The first-order valence-electron chi connectivity index (χ1n) is 9.57. The number of aryl methyl sites for hydroxylation is 1. The molecule has 3 aromatic rings. The van der Waals surface area contributed by atoms with E-state index in [0.29, 0.717) is 18.0 Å². The van der Waals surface area contributed by atoms with Crippen LogP contribution in [0.4, 0.5) is 0 Å². The highest BCUT2D eigenvalue weighted by atomic mass is 16.5. The van der Waals surface area contributed by atoms with E-state index in [1.165, 1.54) is 5.56 Å². The molecule has 0 amide bonds. The van der Waals surface area contributed by atoms with Gasteiger partial charge in [0, 0.05) is 23.6 Å². The zero-order valence-corrected chi connectivity index (χ0v) is 16.5. The molecule has 0 radical (unpaired) electrons. The van der Waals surface area contributed by atoms with Crippen LogP contribution in [0, 0.1) is 6.92 Å². The number of rotatable bonds is 5. The van der Waals surface area contributed by atoms with E-state index < -0.39 is 0 Å². The highest BCUT2D eigenvalue weighted by molar-refractivity contribution is 5.79. The molecule has 1 atom stereocenters. The van der Waals surface area contributed by atoms with Gasteiger partial charge in [0.1, 0.15) is 11.3 Å². The molecule has 1 fully saturated rings. The Morgan fingerprint density at radius 2 is 1.89 bits per heavy atom. The summed E-state index contributed by atoms with van der Waals surface area (Å²) in [5.41, 5.74) is 2.90. The molecule has 1 aromatic heterocycles. The fourth-order valence-electron chi connectivity index (χ4n) is 3.53. The average Bonchev–Trinajstić information content (AvgIpc) is 3.25. The molecule has 4 rings (SSSR count). The molecule has 0 spiro atoms. The lowest BCUT2D eigenvalue weighted by molar-refractivity contribution is 0.117. The number of ether oxygens (including phenoxy) is 3. The molecule has 146 valence electrons. The van der Waals surface area contributed by atoms with E-state index in [0.717, 1.165) is 47.1 Å². The molecule has 28 heavy (non-hydrogen) atoms. The van der Waals surface area contributed by atoms with E-state index in [-0.39, 0.29) is 6.10 Å². The number of fused-ring (bicyclic) bond motifs is 1. The molecule has 1 aliphatic heterocycles. The Kier molecular flexibility index (Phi) is 5.35. The van der Waals surface area contributed by atoms with Crippen LogP contribution in [0.3, 0.4) is 0 Å². The van der Waals surface area contributed by atoms with Crippen LogP contribution in [0.1, 0.15) is 18.4 Å². The van der Waals surface area contributed by atoms with Crippen LogP contribution in [0.25, 0.3) is 22.3 Å². The van der Waals surface area contributed by atoms with Crippen molar-refractivity contribution in [1.29, 1.82) is 0 Å². The Balaban J connectivity index is 1.83. The summed E-state index contributed by atoms with van der Waals surface area (Å²) in [5, 5.41) is 1.94. The summed E-state index contributed by atoms with van der Waals surface area (Å²) in [6.45, 7) is 3.57. The van der Waals surface area contributed by atoms with Crippen LogP contribution in [0.15, 0.2) is 51.9 Å². The van der Waals surface area contributed by atoms with Crippen molar-refractivity contribution in [3.8, 4) is 22.8 Å². The molecular formula is C23H25NO4. The minimum atomic E-state index is 0.210. The van der Waals surface area contributed by atoms with E-state index in [4.69, 9.17) is 23.6 Å². The van der Waals surface area contributed by atoms with Gasteiger partial charge in [-0.15, -0.1) is 0 Å². The van der Waals surface area contributed by atoms with Crippen molar-refractivity contribution >= 4 is 11.0 Å². The summed E-state index contributed by atoms with van der Waals surface area (Å²) in [5.74, 6) is 2.09. The lowest BCUT2D eigenvalue weighted by Gasteiger charge is -2.11. The van der Waals surface area contributed by atoms with Crippen molar-refractivity contribution in [3.63, 3.8) is 0 Å². The number of hydrogen-bond acceptors (Lipinski definition) is 5. The molecule has 2 aromatic carbocycles. The van der Waals surface area contributed by atoms with E-state index >= 15 is 0 Å². The molecule has 1 unspecified atom stereocenters. The third-order valence-electron chi connectivity index (χ3n) is 5.06. The summed E-state index contributed by atoms with van der Waals surface area (Å²) in [4.78, 5) is 4.88. The van der Waals surface area contributed by atoms with Gasteiger partial charge in [-0.1, -0.05) is 11.6 Å². The number of benzene rings is 2. The van der Waals surface area contributed by atoms with Gasteiger partial charge < -0.3 is 18.6 Å². The van der Waals surface area contributed by atoms with Gasteiger partial charge in [-0.25, -0.2) is 0 Å². The monoisotopic (exact) mass is 379 g/mol. The molecule has 1 saturated heterocycles. The number of nitrogens with zero attached hydrogens (tertiary/aromatic N) is 1. The third kappa shape index (κ3) is 3.76. The summed E-state index contributed by atoms with van der Waals surface area (Å²) >= 11 is 0. The average molecular weight is 379 g/mol. The van der Waals surface area contributed by atoms with Crippen LogP contribution in [0.2, 0.25) is 0 Å². The lowest BCUT2D eigenvalue weighted by Crippen LogP contribution is -2.13. The Morgan fingerprint density at radius 3 is 2.64 bits per heavy atom. The maximum absolute atomic E-state index is 6.20. The first kappa shape index (κ1) is 18.6. The van der Waals surface area contributed by atoms with Gasteiger partial charge >= 0.3 is 0 Å². The second kappa shape index (κ2) is 8.07. The van der Waals surface area contributed by atoms with Gasteiger partial charge in [-0.05, 0) is 50.1 Å². The molecular weight excluding hydrogens is 354 g/mol. The van der Waals surface area contributed by atoms with Gasteiger partial charge in [-0.2, -0.15) is 0 Å². The Morgan fingerprint density at radius 1 is 1.04 bits per heavy atom. The first-order valence-corrected chi connectivity index (χ1v) is 9.57. The van der Waals surface area contributed by atoms with Gasteiger partial charge in [0.05, 0.1) is 32.2 Å². The molecule has 2 heterocycles. The lowest BCUT2D eigenvalue weighted by atomic mass is 10.1. The van der Waals surface area contributed by atoms with E-state index in [1.54, 1.807) is 14.2 Å². The van der Waals surface area contributed by atoms with E-state index in [1.807, 2.05) is 36.4 Å². The summed E-state index contributed by atoms with van der Waals surface area (Å²) in [6, 6.07) is 13.9. The first-order chi connectivity index (χ1) is 13.7. The zero-order valence-electron chi connectivity index (χ0n) is 16.5. The highest BCUT2D eigenvalue weighted by Crippen LogP contribution is 2.32. The SMILES string of the molecule is COc1ccc(-c2cc(=NCC3CCCO3)c3cc(C)ccc3o2)cc1OC. The van der Waals surface area contributed by atoms with Gasteiger partial charge in [-0.3, -0.25) is 4.99 Å². The molecule has 5 heteroatoms. The minimum absolute atomic E-state index is 0.210. The number of methoxy groups -OCH3 is 2. The van der Waals surface area contributed by atoms with Crippen LogP contribution < -0.4 is 14.8 Å². The second-order valence-corrected chi connectivity index (χ2v) is 7.04. The van der Waals surface area contributed by atoms with Crippen molar-refractivity contribution in [2.24, 2.45) is 4.99 Å². The van der Waals surface area contributed by atoms with Crippen LogP contribution in [-0.4, -0.2) is 33.5 Å². The van der Waals surface area contributed by atoms with Crippen molar-refractivity contribution < 1.29 is 18.6 Å². The van der Waals surface area contributed by atoms with Crippen molar-refractivity contribution in [2.45, 2.75) is 25.9 Å². The van der Waals surface area contributed by atoms with Gasteiger partial charge in [0.2, 0.25) is 0 Å². The summed E-state index contributed by atoms with van der Waals surface area (Å²) < 4.78 is 22.7. The normalized spacial score (nSPS) is 17.2. The van der Waals surface area contributed by atoms with Crippen molar-refractivity contribution in [2.75, 3.05) is 27.4 Å². The minimum Gasteiger partial charge on any atom is -0.493 e. The van der Waals surface area contributed by atoms with Crippen LogP contribution in [0.5, 0.6) is 11.5 Å².